The zero-order valence-corrected chi connectivity index (χ0v) is 13.7. The average Bonchev–Trinajstić information content (AvgIpc) is 3.23. The molecule has 1 aromatic carbocycles. The van der Waals surface area contributed by atoms with Crippen molar-refractivity contribution in [3.8, 4) is 17.1 Å². The van der Waals surface area contributed by atoms with Gasteiger partial charge in [0.15, 0.2) is 5.82 Å². The standard InChI is InChI=1S/C18H20N4O2/c1-14-19-18(22(20-14)16-5-3-2-4-6-16)15-11-17(24-13-15)12-21-7-9-23-10-8-21/h2-6,11,13H,7-10,12H2,1H3. The second-order valence-corrected chi connectivity index (χ2v) is 5.92. The second-order valence-electron chi connectivity index (χ2n) is 5.92. The number of aromatic nitrogens is 3. The van der Waals surface area contributed by atoms with Gasteiger partial charge in [-0.1, -0.05) is 18.2 Å². The van der Waals surface area contributed by atoms with E-state index in [4.69, 9.17) is 9.15 Å². The molecule has 0 aliphatic carbocycles. The third kappa shape index (κ3) is 3.11. The molecule has 0 radical (unpaired) electrons. The van der Waals surface area contributed by atoms with Gasteiger partial charge in [0.2, 0.25) is 0 Å². The van der Waals surface area contributed by atoms with Gasteiger partial charge in [0.1, 0.15) is 17.8 Å². The molecule has 0 atom stereocenters. The molecule has 0 saturated carbocycles. The SMILES string of the molecule is Cc1nc(-c2coc(CN3CCOCC3)c2)n(-c2ccccc2)n1. The summed E-state index contributed by atoms with van der Waals surface area (Å²) in [5.74, 6) is 2.48. The van der Waals surface area contributed by atoms with E-state index in [2.05, 4.69) is 21.0 Å². The van der Waals surface area contributed by atoms with Crippen LogP contribution in [-0.2, 0) is 11.3 Å². The highest BCUT2D eigenvalue weighted by molar-refractivity contribution is 5.57. The third-order valence-corrected chi connectivity index (χ3v) is 4.11. The van der Waals surface area contributed by atoms with Gasteiger partial charge in [0.25, 0.3) is 0 Å². The summed E-state index contributed by atoms with van der Waals surface area (Å²) in [5.41, 5.74) is 1.94. The first-order chi connectivity index (χ1) is 11.8. The summed E-state index contributed by atoms with van der Waals surface area (Å²) in [6.45, 7) is 6.15. The number of hydrogen-bond acceptors (Lipinski definition) is 5. The van der Waals surface area contributed by atoms with E-state index >= 15 is 0 Å². The molecule has 1 fully saturated rings. The van der Waals surface area contributed by atoms with Gasteiger partial charge < -0.3 is 9.15 Å². The predicted molar refractivity (Wildman–Crippen MR) is 89.9 cm³/mol. The van der Waals surface area contributed by atoms with Crippen LogP contribution in [0.3, 0.4) is 0 Å². The van der Waals surface area contributed by atoms with Crippen molar-refractivity contribution in [3.05, 3.63) is 54.2 Å². The van der Waals surface area contributed by atoms with E-state index in [9.17, 15) is 0 Å². The largest absolute Gasteiger partial charge is 0.467 e. The Kier molecular flexibility index (Phi) is 4.15. The fraction of sp³-hybridized carbons (Fsp3) is 0.333. The molecule has 0 N–H and O–H groups in total. The highest BCUT2D eigenvalue weighted by Gasteiger charge is 2.17. The van der Waals surface area contributed by atoms with Crippen LogP contribution in [0.2, 0.25) is 0 Å². The minimum atomic E-state index is 0.741. The average molecular weight is 324 g/mol. The Morgan fingerprint density at radius 2 is 1.92 bits per heavy atom. The highest BCUT2D eigenvalue weighted by atomic mass is 16.5. The van der Waals surface area contributed by atoms with Crippen molar-refractivity contribution in [2.24, 2.45) is 0 Å². The lowest BCUT2D eigenvalue weighted by Crippen LogP contribution is -2.35. The molecule has 2 aromatic heterocycles. The Bertz CT molecular complexity index is 804. The molecule has 4 rings (SSSR count). The smallest absolute Gasteiger partial charge is 0.166 e. The number of morpholine rings is 1. The van der Waals surface area contributed by atoms with Crippen molar-refractivity contribution >= 4 is 0 Å². The van der Waals surface area contributed by atoms with Gasteiger partial charge in [-0.3, -0.25) is 4.90 Å². The molecular formula is C18H20N4O2. The van der Waals surface area contributed by atoms with E-state index in [0.717, 1.165) is 61.5 Å². The van der Waals surface area contributed by atoms with Gasteiger partial charge in [-0.2, -0.15) is 5.10 Å². The molecule has 24 heavy (non-hydrogen) atoms. The summed E-state index contributed by atoms with van der Waals surface area (Å²) in [6, 6.07) is 12.1. The zero-order chi connectivity index (χ0) is 16.4. The van der Waals surface area contributed by atoms with Gasteiger partial charge in [0, 0.05) is 13.1 Å². The third-order valence-electron chi connectivity index (χ3n) is 4.11. The van der Waals surface area contributed by atoms with Crippen molar-refractivity contribution in [1.82, 2.24) is 19.7 Å². The predicted octanol–water partition coefficient (Wildman–Crippen LogP) is 2.67. The number of benzene rings is 1. The van der Waals surface area contributed by atoms with Crippen LogP contribution >= 0.6 is 0 Å². The molecular weight excluding hydrogens is 304 g/mol. The Morgan fingerprint density at radius 3 is 2.71 bits per heavy atom. The summed E-state index contributed by atoms with van der Waals surface area (Å²) in [4.78, 5) is 6.91. The van der Waals surface area contributed by atoms with E-state index in [1.165, 1.54) is 0 Å². The quantitative estimate of drug-likeness (QED) is 0.738. The minimum absolute atomic E-state index is 0.741. The van der Waals surface area contributed by atoms with Gasteiger partial charge in [-0.15, -0.1) is 0 Å². The Labute approximate surface area is 140 Å². The molecule has 6 heteroatoms. The maximum atomic E-state index is 5.76. The number of aryl methyl sites for hydroxylation is 1. The molecule has 1 saturated heterocycles. The van der Waals surface area contributed by atoms with E-state index in [-0.39, 0.29) is 0 Å². The van der Waals surface area contributed by atoms with E-state index < -0.39 is 0 Å². The van der Waals surface area contributed by atoms with Gasteiger partial charge >= 0.3 is 0 Å². The van der Waals surface area contributed by atoms with Crippen molar-refractivity contribution in [3.63, 3.8) is 0 Å². The van der Waals surface area contributed by atoms with Crippen LogP contribution < -0.4 is 0 Å². The molecule has 3 heterocycles. The number of hydrogen-bond donors (Lipinski definition) is 0. The monoisotopic (exact) mass is 324 g/mol. The van der Waals surface area contributed by atoms with Crippen LogP contribution in [0.15, 0.2) is 47.1 Å². The minimum Gasteiger partial charge on any atom is -0.467 e. The normalized spacial score (nSPS) is 15.7. The number of nitrogens with zero attached hydrogens (tertiary/aromatic N) is 4. The van der Waals surface area contributed by atoms with Crippen molar-refractivity contribution in [1.29, 1.82) is 0 Å². The summed E-state index contributed by atoms with van der Waals surface area (Å²) in [7, 11) is 0. The Balaban J connectivity index is 1.60. The maximum absolute atomic E-state index is 5.76. The van der Waals surface area contributed by atoms with Gasteiger partial charge in [-0.05, 0) is 25.1 Å². The molecule has 1 aliphatic heterocycles. The molecule has 124 valence electrons. The lowest BCUT2D eigenvalue weighted by Gasteiger charge is -2.25. The summed E-state index contributed by atoms with van der Waals surface area (Å²) >= 11 is 0. The first-order valence-electron chi connectivity index (χ1n) is 8.16. The Morgan fingerprint density at radius 1 is 1.12 bits per heavy atom. The van der Waals surface area contributed by atoms with E-state index in [1.54, 1.807) is 6.26 Å². The van der Waals surface area contributed by atoms with Crippen molar-refractivity contribution in [2.45, 2.75) is 13.5 Å². The van der Waals surface area contributed by atoms with Crippen LogP contribution in [0.25, 0.3) is 17.1 Å². The van der Waals surface area contributed by atoms with Crippen LogP contribution in [0.1, 0.15) is 11.6 Å². The second kappa shape index (κ2) is 6.59. The van der Waals surface area contributed by atoms with Crippen LogP contribution in [0, 0.1) is 6.92 Å². The van der Waals surface area contributed by atoms with E-state index in [0.29, 0.717) is 0 Å². The molecule has 6 nitrogen and oxygen atoms in total. The molecule has 0 unspecified atom stereocenters. The first kappa shape index (κ1) is 15.1. The molecule has 0 amide bonds. The zero-order valence-electron chi connectivity index (χ0n) is 13.7. The first-order valence-corrected chi connectivity index (χ1v) is 8.16. The summed E-state index contributed by atoms with van der Waals surface area (Å²) in [5, 5.41) is 4.52. The highest BCUT2D eigenvalue weighted by Crippen LogP contribution is 2.24. The topological polar surface area (TPSA) is 56.3 Å². The summed E-state index contributed by atoms with van der Waals surface area (Å²) < 4.78 is 13.0. The molecule has 0 spiro atoms. The lowest BCUT2D eigenvalue weighted by molar-refractivity contribution is 0.0313. The number of rotatable bonds is 4. The van der Waals surface area contributed by atoms with Crippen molar-refractivity contribution < 1.29 is 9.15 Å². The Hall–Kier alpha value is -2.44. The molecule has 3 aromatic rings. The van der Waals surface area contributed by atoms with Gasteiger partial charge in [0.05, 0.1) is 31.0 Å². The summed E-state index contributed by atoms with van der Waals surface area (Å²) in [6.07, 6.45) is 1.76. The van der Waals surface area contributed by atoms with Crippen LogP contribution in [0.5, 0.6) is 0 Å². The number of para-hydroxylation sites is 1. The number of furan rings is 1. The van der Waals surface area contributed by atoms with E-state index in [1.807, 2.05) is 41.9 Å². The molecule has 1 aliphatic rings. The fourth-order valence-corrected chi connectivity index (χ4v) is 2.91. The van der Waals surface area contributed by atoms with Crippen molar-refractivity contribution in [2.75, 3.05) is 26.3 Å². The fourth-order valence-electron chi connectivity index (χ4n) is 2.91. The van der Waals surface area contributed by atoms with Crippen LogP contribution in [-0.4, -0.2) is 46.0 Å². The lowest BCUT2D eigenvalue weighted by atomic mass is 10.2. The van der Waals surface area contributed by atoms with Gasteiger partial charge in [-0.25, -0.2) is 9.67 Å². The molecule has 0 bridgehead atoms. The van der Waals surface area contributed by atoms with Crippen LogP contribution in [0.4, 0.5) is 0 Å². The number of ether oxygens (including phenoxy) is 1. The maximum Gasteiger partial charge on any atom is 0.166 e.